The molecule has 1 fully saturated rings. The Kier molecular flexibility index (Phi) is 4.57. The number of nitrogens with one attached hydrogen (secondary N) is 1. The van der Waals surface area contributed by atoms with Crippen molar-refractivity contribution in [2.75, 3.05) is 19.6 Å². The van der Waals surface area contributed by atoms with Crippen molar-refractivity contribution in [3.05, 3.63) is 53.3 Å². The summed E-state index contributed by atoms with van der Waals surface area (Å²) in [4.78, 5) is 15.4. The Balaban J connectivity index is 1.56. The van der Waals surface area contributed by atoms with E-state index >= 15 is 0 Å². The van der Waals surface area contributed by atoms with E-state index in [2.05, 4.69) is 53.4 Å². The van der Waals surface area contributed by atoms with Gasteiger partial charge in [0.1, 0.15) is 5.69 Å². The van der Waals surface area contributed by atoms with Crippen LogP contribution in [0.4, 0.5) is 0 Å². The Bertz CT molecular complexity index is 797. The highest BCUT2D eigenvalue weighted by Crippen LogP contribution is 2.49. The van der Waals surface area contributed by atoms with E-state index in [0.717, 1.165) is 25.6 Å². The van der Waals surface area contributed by atoms with Crippen LogP contribution in [0.1, 0.15) is 53.8 Å². The van der Waals surface area contributed by atoms with Crippen molar-refractivity contribution in [2.24, 2.45) is 18.9 Å². The average molecular weight is 352 g/mol. The number of hydrogen-bond acceptors (Lipinski definition) is 3. The first kappa shape index (κ1) is 17.3. The van der Waals surface area contributed by atoms with Gasteiger partial charge in [0.25, 0.3) is 5.91 Å². The van der Waals surface area contributed by atoms with Crippen LogP contribution < -0.4 is 5.32 Å². The molecule has 5 heteroatoms. The van der Waals surface area contributed by atoms with Gasteiger partial charge in [-0.15, -0.1) is 0 Å². The van der Waals surface area contributed by atoms with Gasteiger partial charge in [0.15, 0.2) is 0 Å². The average Bonchev–Trinajstić information content (AvgIpc) is 3.29. The Labute approximate surface area is 155 Å². The molecule has 2 aromatic rings. The van der Waals surface area contributed by atoms with E-state index in [1.165, 1.54) is 17.5 Å². The number of benzene rings is 1. The van der Waals surface area contributed by atoms with E-state index in [-0.39, 0.29) is 11.9 Å². The standard InChI is InChI=1S/C21H28N4O/c1-14(2)9-11-25-12-17-15-6-4-5-7-16(15)20(18(17)13-25)23-21(26)19-8-10-22-24(19)3/h4-8,10,14,17-18,20H,9,11-13H2,1-3H3,(H,23,26)/t17-,18-,20+/m0/s1. The van der Waals surface area contributed by atoms with Crippen LogP contribution in [-0.4, -0.2) is 40.2 Å². The van der Waals surface area contributed by atoms with Crippen LogP contribution in [0.25, 0.3) is 0 Å². The van der Waals surface area contributed by atoms with Gasteiger partial charge in [-0.2, -0.15) is 5.10 Å². The molecule has 2 heterocycles. The van der Waals surface area contributed by atoms with Gasteiger partial charge < -0.3 is 10.2 Å². The van der Waals surface area contributed by atoms with Crippen LogP contribution in [0, 0.1) is 11.8 Å². The second-order valence-electron chi connectivity index (χ2n) is 8.13. The predicted molar refractivity (Wildman–Crippen MR) is 102 cm³/mol. The first-order valence-electron chi connectivity index (χ1n) is 9.64. The molecule has 138 valence electrons. The minimum atomic E-state index is -0.0360. The molecule has 1 aliphatic carbocycles. The molecule has 0 saturated carbocycles. The number of hydrogen-bond donors (Lipinski definition) is 1. The van der Waals surface area contributed by atoms with Gasteiger partial charge in [-0.1, -0.05) is 38.1 Å². The van der Waals surface area contributed by atoms with Crippen molar-refractivity contribution >= 4 is 5.91 Å². The number of carbonyl (C=O) groups is 1. The lowest BCUT2D eigenvalue weighted by Crippen LogP contribution is -2.34. The molecule has 1 amide bonds. The van der Waals surface area contributed by atoms with Crippen LogP contribution in [0.3, 0.4) is 0 Å². The van der Waals surface area contributed by atoms with Crippen molar-refractivity contribution in [2.45, 2.75) is 32.2 Å². The van der Waals surface area contributed by atoms with Crippen molar-refractivity contribution in [1.82, 2.24) is 20.0 Å². The van der Waals surface area contributed by atoms with Crippen LogP contribution in [0.5, 0.6) is 0 Å². The van der Waals surface area contributed by atoms with Crippen molar-refractivity contribution in [3.8, 4) is 0 Å². The molecule has 0 bridgehead atoms. The molecule has 2 aliphatic rings. The van der Waals surface area contributed by atoms with Crippen LogP contribution in [0.2, 0.25) is 0 Å². The van der Waals surface area contributed by atoms with Gasteiger partial charge in [0.05, 0.1) is 6.04 Å². The molecular formula is C21H28N4O. The van der Waals surface area contributed by atoms with Gasteiger partial charge in [-0.05, 0) is 36.1 Å². The zero-order valence-corrected chi connectivity index (χ0v) is 15.9. The minimum Gasteiger partial charge on any atom is -0.344 e. The quantitative estimate of drug-likeness (QED) is 0.900. The predicted octanol–water partition coefficient (Wildman–Crippen LogP) is 2.97. The molecule has 4 rings (SSSR count). The maximum atomic E-state index is 12.8. The van der Waals surface area contributed by atoms with E-state index in [0.29, 0.717) is 17.5 Å². The molecular weight excluding hydrogens is 324 g/mol. The van der Waals surface area contributed by atoms with Gasteiger partial charge in [-0.3, -0.25) is 9.48 Å². The number of carbonyl (C=O) groups excluding carboxylic acids is 1. The summed E-state index contributed by atoms with van der Waals surface area (Å²) in [6.45, 7) is 7.87. The van der Waals surface area contributed by atoms with Crippen LogP contribution in [0.15, 0.2) is 36.5 Å². The summed E-state index contributed by atoms with van der Waals surface area (Å²) in [6.07, 6.45) is 2.90. The molecule has 1 aliphatic heterocycles. The number of amides is 1. The van der Waals surface area contributed by atoms with E-state index < -0.39 is 0 Å². The topological polar surface area (TPSA) is 50.2 Å². The summed E-state index contributed by atoms with van der Waals surface area (Å²) in [5, 5.41) is 7.43. The van der Waals surface area contributed by atoms with Crippen molar-refractivity contribution in [3.63, 3.8) is 0 Å². The Morgan fingerprint density at radius 2 is 2.00 bits per heavy atom. The number of aromatic nitrogens is 2. The number of likely N-dealkylation sites (tertiary alicyclic amines) is 1. The SMILES string of the molecule is CC(C)CCN1C[C@@H]2[C@H](NC(=O)c3ccnn3C)c3ccccc3[C@@H]2C1. The fourth-order valence-electron chi connectivity index (χ4n) is 4.56. The summed E-state index contributed by atoms with van der Waals surface area (Å²) in [5.74, 6) is 1.67. The lowest BCUT2D eigenvalue weighted by molar-refractivity contribution is 0.0914. The second kappa shape index (κ2) is 6.88. The molecule has 1 saturated heterocycles. The zero-order chi connectivity index (χ0) is 18.3. The molecule has 1 aromatic heterocycles. The summed E-state index contributed by atoms with van der Waals surface area (Å²) in [5.41, 5.74) is 3.32. The van der Waals surface area contributed by atoms with E-state index in [9.17, 15) is 4.79 Å². The van der Waals surface area contributed by atoms with Gasteiger partial charge in [0.2, 0.25) is 0 Å². The minimum absolute atomic E-state index is 0.0360. The molecule has 3 atom stereocenters. The first-order chi connectivity index (χ1) is 12.5. The highest BCUT2D eigenvalue weighted by atomic mass is 16.2. The van der Waals surface area contributed by atoms with Crippen LogP contribution >= 0.6 is 0 Å². The third-order valence-corrected chi connectivity index (χ3v) is 5.96. The second-order valence-corrected chi connectivity index (χ2v) is 8.13. The van der Waals surface area contributed by atoms with E-state index in [4.69, 9.17) is 0 Å². The van der Waals surface area contributed by atoms with Crippen molar-refractivity contribution < 1.29 is 4.79 Å². The molecule has 1 N–H and O–H groups in total. The van der Waals surface area contributed by atoms with Gasteiger partial charge >= 0.3 is 0 Å². The third kappa shape index (κ3) is 3.05. The normalized spacial score (nSPS) is 24.7. The zero-order valence-electron chi connectivity index (χ0n) is 15.9. The third-order valence-electron chi connectivity index (χ3n) is 5.96. The number of rotatable bonds is 5. The molecule has 0 unspecified atom stereocenters. The lowest BCUT2D eigenvalue weighted by atomic mass is 9.94. The van der Waals surface area contributed by atoms with Crippen LogP contribution in [-0.2, 0) is 7.05 Å². The summed E-state index contributed by atoms with van der Waals surface area (Å²) < 4.78 is 1.64. The van der Waals surface area contributed by atoms with Gasteiger partial charge in [-0.25, -0.2) is 0 Å². The molecule has 26 heavy (non-hydrogen) atoms. The highest BCUT2D eigenvalue weighted by molar-refractivity contribution is 5.92. The summed E-state index contributed by atoms with van der Waals surface area (Å²) in [6, 6.07) is 10.5. The largest absolute Gasteiger partial charge is 0.344 e. The smallest absolute Gasteiger partial charge is 0.270 e. The highest BCUT2D eigenvalue weighted by Gasteiger charge is 2.46. The summed E-state index contributed by atoms with van der Waals surface area (Å²) >= 11 is 0. The Morgan fingerprint density at radius 1 is 1.23 bits per heavy atom. The van der Waals surface area contributed by atoms with E-state index in [1.807, 2.05) is 7.05 Å². The number of aryl methyl sites for hydroxylation is 1. The Hall–Kier alpha value is -2.14. The maximum Gasteiger partial charge on any atom is 0.270 e. The summed E-state index contributed by atoms with van der Waals surface area (Å²) in [7, 11) is 1.81. The molecule has 5 nitrogen and oxygen atoms in total. The fraction of sp³-hybridized carbons (Fsp3) is 0.524. The monoisotopic (exact) mass is 352 g/mol. The number of fused-ring (bicyclic) bond motifs is 3. The lowest BCUT2D eigenvalue weighted by Gasteiger charge is -2.23. The Morgan fingerprint density at radius 3 is 2.69 bits per heavy atom. The van der Waals surface area contributed by atoms with Gasteiger partial charge in [0, 0.05) is 38.2 Å². The first-order valence-corrected chi connectivity index (χ1v) is 9.64. The maximum absolute atomic E-state index is 12.8. The molecule has 1 aromatic carbocycles. The van der Waals surface area contributed by atoms with Crippen molar-refractivity contribution in [1.29, 1.82) is 0 Å². The fourth-order valence-corrected chi connectivity index (χ4v) is 4.56. The molecule has 0 spiro atoms. The molecule has 0 radical (unpaired) electrons. The number of nitrogens with zero attached hydrogens (tertiary/aromatic N) is 3. The van der Waals surface area contributed by atoms with E-state index in [1.54, 1.807) is 16.9 Å².